The summed E-state index contributed by atoms with van der Waals surface area (Å²) in [7, 11) is 0. The number of fused-ring (bicyclic) bond motifs is 15. The Morgan fingerprint density at radius 3 is 1.47 bits per heavy atom. The molecule has 0 bridgehead atoms. The van der Waals surface area contributed by atoms with Gasteiger partial charge in [-0.1, -0.05) is 218 Å². The molecule has 0 unspecified atom stereocenters. The standard InChI is InChI=1S/C86H50N6OS/c1-2-16-51(17-3-1)54-20-14-21-60(44-54)82-68-24-6-10-28-73(68)87-85(89-82)91-75-30-12-8-22-63(75)70-46-55(36-41-76(70)91)56-37-42-80-71(47-56)72-48-57(38-43-81(72)94-80)58-34-39-64-65-40-35-59(62-26-15-27-67-66-23-9-13-31-79(66)93-84(62)67)50-78(65)92(77(64)49-58)86-88-74-29-11-7-25-69(74)83(90-86)61-33-32-52-18-4-5-19-53(52)45-61/h1-50H. The lowest BCUT2D eigenvalue weighted by Gasteiger charge is -2.13. The molecule has 6 aromatic heterocycles. The van der Waals surface area contributed by atoms with Gasteiger partial charge in [0.15, 0.2) is 0 Å². The Balaban J connectivity index is 0.724. The molecule has 436 valence electrons. The minimum absolute atomic E-state index is 0.602. The van der Waals surface area contributed by atoms with Crippen LogP contribution in [0.3, 0.4) is 0 Å². The van der Waals surface area contributed by atoms with Gasteiger partial charge < -0.3 is 4.42 Å². The molecule has 0 N–H and O–H groups in total. The fourth-order valence-corrected chi connectivity index (χ4v) is 15.7. The molecule has 0 aliphatic carbocycles. The maximum atomic E-state index is 6.66. The number of hydrogen-bond donors (Lipinski definition) is 0. The van der Waals surface area contributed by atoms with Crippen molar-refractivity contribution in [1.29, 1.82) is 0 Å². The highest BCUT2D eigenvalue weighted by molar-refractivity contribution is 7.25. The van der Waals surface area contributed by atoms with E-state index in [1.807, 2.05) is 23.5 Å². The van der Waals surface area contributed by atoms with Crippen LogP contribution in [0.25, 0.3) is 197 Å². The molecule has 8 heteroatoms. The van der Waals surface area contributed by atoms with Gasteiger partial charge in [-0.05, 0) is 135 Å². The number of para-hydroxylation sites is 5. The summed E-state index contributed by atoms with van der Waals surface area (Å²) in [5, 5.41) is 13.5. The van der Waals surface area contributed by atoms with Crippen LogP contribution in [0.5, 0.6) is 0 Å². The predicted molar refractivity (Wildman–Crippen MR) is 392 cm³/mol. The van der Waals surface area contributed by atoms with E-state index in [0.717, 1.165) is 160 Å². The fourth-order valence-electron chi connectivity index (χ4n) is 14.6. The monoisotopic (exact) mass is 1210 g/mol. The van der Waals surface area contributed by atoms with Gasteiger partial charge in [0.25, 0.3) is 0 Å². The van der Waals surface area contributed by atoms with Gasteiger partial charge in [0.1, 0.15) is 11.2 Å². The van der Waals surface area contributed by atoms with Crippen molar-refractivity contribution in [2.24, 2.45) is 0 Å². The predicted octanol–water partition coefficient (Wildman–Crippen LogP) is 23.2. The Kier molecular flexibility index (Phi) is 11.5. The fraction of sp³-hybridized carbons (Fsp3) is 0. The molecule has 0 saturated heterocycles. The average Bonchev–Trinajstić information content (AvgIpc) is 1.56. The van der Waals surface area contributed by atoms with Crippen LogP contribution in [0.15, 0.2) is 308 Å². The molecule has 0 spiro atoms. The van der Waals surface area contributed by atoms with Crippen LogP contribution >= 0.6 is 11.3 Å². The average molecular weight is 1220 g/mol. The molecular weight excluding hydrogens is 1170 g/mol. The molecule has 0 radical (unpaired) electrons. The van der Waals surface area contributed by atoms with Crippen molar-refractivity contribution in [3.8, 4) is 78.9 Å². The summed E-state index contributed by atoms with van der Waals surface area (Å²) >= 11 is 1.84. The van der Waals surface area contributed by atoms with Gasteiger partial charge in [0, 0.05) is 80.0 Å². The minimum Gasteiger partial charge on any atom is -0.455 e. The molecule has 0 fully saturated rings. The van der Waals surface area contributed by atoms with E-state index < -0.39 is 0 Å². The van der Waals surface area contributed by atoms with Crippen LogP contribution in [0.2, 0.25) is 0 Å². The summed E-state index contributed by atoms with van der Waals surface area (Å²) in [6, 6.07) is 109. The van der Waals surface area contributed by atoms with E-state index >= 15 is 0 Å². The number of nitrogens with zero attached hydrogens (tertiary/aromatic N) is 6. The summed E-state index contributed by atoms with van der Waals surface area (Å²) in [4.78, 5) is 21.8. The number of aromatic nitrogens is 6. The maximum Gasteiger partial charge on any atom is 0.235 e. The first-order chi connectivity index (χ1) is 46.5. The number of benzene rings is 14. The molecular formula is C86H50N6OS. The first-order valence-electron chi connectivity index (χ1n) is 31.7. The Bertz CT molecular complexity index is 6570. The third kappa shape index (κ3) is 8.23. The maximum absolute atomic E-state index is 6.66. The smallest absolute Gasteiger partial charge is 0.235 e. The number of hydrogen-bond acceptors (Lipinski definition) is 6. The van der Waals surface area contributed by atoms with Crippen LogP contribution in [0.1, 0.15) is 0 Å². The van der Waals surface area contributed by atoms with Gasteiger partial charge >= 0.3 is 0 Å². The SMILES string of the molecule is c1ccc(-c2cccc(-c3nc(-n4c5ccccc5c5cc(-c6ccc7sc8ccc(-c9ccc%10c%11ccc(-c%12cccc%13c%12oc%12ccccc%12%13)cc%11n(-c%11nc(-c%12ccc%13ccccc%13c%12)c%12ccccc%12n%11)c%10c9)cc8c7c6)ccc54)nc4ccccc34)c2)cc1. The van der Waals surface area contributed by atoms with Crippen molar-refractivity contribution in [2.45, 2.75) is 0 Å². The number of furan rings is 1. The number of rotatable bonds is 8. The van der Waals surface area contributed by atoms with E-state index in [0.29, 0.717) is 11.9 Å². The van der Waals surface area contributed by atoms with Crippen LogP contribution in [-0.2, 0) is 0 Å². The van der Waals surface area contributed by atoms with Crippen molar-refractivity contribution < 1.29 is 4.42 Å². The quantitative estimate of drug-likeness (QED) is 0.152. The van der Waals surface area contributed by atoms with Crippen LogP contribution in [0, 0.1) is 0 Å². The lowest BCUT2D eigenvalue weighted by atomic mass is 9.98. The Hall–Kier alpha value is -12.4. The molecule has 6 heterocycles. The molecule has 14 aromatic carbocycles. The van der Waals surface area contributed by atoms with Crippen molar-refractivity contribution in [2.75, 3.05) is 0 Å². The largest absolute Gasteiger partial charge is 0.455 e. The van der Waals surface area contributed by atoms with Crippen molar-refractivity contribution in [3.05, 3.63) is 303 Å². The van der Waals surface area contributed by atoms with Crippen molar-refractivity contribution in [3.63, 3.8) is 0 Å². The topological polar surface area (TPSA) is 74.6 Å². The zero-order chi connectivity index (χ0) is 61.5. The van der Waals surface area contributed by atoms with Crippen molar-refractivity contribution in [1.82, 2.24) is 29.1 Å². The second-order valence-corrected chi connectivity index (χ2v) is 25.6. The Labute approximate surface area is 542 Å². The van der Waals surface area contributed by atoms with E-state index in [9.17, 15) is 0 Å². The molecule has 94 heavy (non-hydrogen) atoms. The minimum atomic E-state index is 0.602. The molecule has 0 amide bonds. The molecule has 7 nitrogen and oxygen atoms in total. The van der Waals surface area contributed by atoms with Gasteiger partial charge in [-0.15, -0.1) is 11.3 Å². The molecule has 20 aromatic rings. The van der Waals surface area contributed by atoms with E-state index in [1.165, 1.54) is 25.6 Å². The lowest BCUT2D eigenvalue weighted by molar-refractivity contribution is 0.670. The highest BCUT2D eigenvalue weighted by Crippen LogP contribution is 2.45. The molecule has 0 aliphatic heterocycles. The Morgan fingerprint density at radius 2 is 0.734 bits per heavy atom. The van der Waals surface area contributed by atoms with Gasteiger partial charge in [-0.3, -0.25) is 9.13 Å². The summed E-state index contributed by atoms with van der Waals surface area (Å²) in [6.07, 6.45) is 0. The second kappa shape index (κ2) is 20.6. The number of thiophene rings is 1. The summed E-state index contributed by atoms with van der Waals surface area (Å²) in [5.41, 5.74) is 20.4. The van der Waals surface area contributed by atoms with E-state index in [1.54, 1.807) is 0 Å². The normalized spacial score (nSPS) is 12.0. The van der Waals surface area contributed by atoms with E-state index in [-0.39, 0.29) is 0 Å². The molecule has 20 rings (SSSR count). The molecule has 0 atom stereocenters. The zero-order valence-electron chi connectivity index (χ0n) is 50.4. The molecule has 0 saturated carbocycles. The first-order valence-corrected chi connectivity index (χ1v) is 32.6. The zero-order valence-corrected chi connectivity index (χ0v) is 51.2. The summed E-state index contributed by atoms with van der Waals surface area (Å²) in [5.74, 6) is 1.24. The summed E-state index contributed by atoms with van der Waals surface area (Å²) in [6.45, 7) is 0. The van der Waals surface area contributed by atoms with Gasteiger partial charge in [-0.2, -0.15) is 0 Å². The highest BCUT2D eigenvalue weighted by Gasteiger charge is 2.23. The highest BCUT2D eigenvalue weighted by atomic mass is 32.1. The second-order valence-electron chi connectivity index (χ2n) is 24.5. The van der Waals surface area contributed by atoms with Gasteiger partial charge in [0.05, 0.1) is 44.5 Å². The van der Waals surface area contributed by atoms with E-state index in [4.69, 9.17) is 24.4 Å². The Morgan fingerprint density at radius 1 is 0.255 bits per heavy atom. The summed E-state index contributed by atoms with van der Waals surface area (Å²) < 4.78 is 13.7. The van der Waals surface area contributed by atoms with Crippen LogP contribution in [-0.4, -0.2) is 29.1 Å². The molecule has 0 aliphatic rings. The van der Waals surface area contributed by atoms with Crippen LogP contribution < -0.4 is 0 Å². The van der Waals surface area contributed by atoms with Crippen molar-refractivity contribution >= 4 is 130 Å². The van der Waals surface area contributed by atoms with E-state index in [2.05, 4.69) is 300 Å². The van der Waals surface area contributed by atoms with Gasteiger partial charge in [0.2, 0.25) is 11.9 Å². The van der Waals surface area contributed by atoms with Crippen LogP contribution in [0.4, 0.5) is 0 Å². The third-order valence-corrected chi connectivity index (χ3v) is 20.3. The lowest BCUT2D eigenvalue weighted by Crippen LogP contribution is -2.03. The third-order valence-electron chi connectivity index (χ3n) is 19.1. The first kappa shape index (κ1) is 52.4. The van der Waals surface area contributed by atoms with Gasteiger partial charge in [-0.25, -0.2) is 19.9 Å².